The van der Waals surface area contributed by atoms with Crippen molar-refractivity contribution in [2.45, 2.75) is 83.1 Å². The van der Waals surface area contributed by atoms with E-state index in [1.54, 1.807) is 24.3 Å². The standard InChI is InChI=1S/C33H34F3N3O6S/c1-16(2)43-26-13-20(31(40)41-3)14-27-29(26)38-32(46-27)37-23-11-19-10-18(23)12-25(19)42-15-22-28(39-45-30(22)17-8-9-17)21-6-4-5-7-24(21)44-33(34,35)36/h4-7,13-14,16-19,23,25H,8-12,15H2,1-3H3,(H,37,38)/t18-,19-,23+,25-/m0/s1. The third-order valence-corrected chi connectivity index (χ3v) is 9.85. The highest BCUT2D eigenvalue weighted by molar-refractivity contribution is 7.22. The highest BCUT2D eigenvalue weighted by atomic mass is 32.1. The van der Waals surface area contributed by atoms with Gasteiger partial charge in [0.15, 0.2) is 5.13 Å². The van der Waals surface area contributed by atoms with Crippen molar-refractivity contribution in [3.05, 3.63) is 53.3 Å². The molecule has 244 valence electrons. The molecule has 0 radical (unpaired) electrons. The SMILES string of the molecule is COC(=O)c1cc(OC(C)C)c2nc(N[C@@H]3C[C@@H]4C[C@H]3C[C@@H]4OCc3c(-c4ccccc4OC(F)(F)F)noc3C3CC3)sc2c1. The number of benzene rings is 2. The first-order valence-electron chi connectivity index (χ1n) is 15.5. The Hall–Kier alpha value is -3.84. The van der Waals surface area contributed by atoms with Gasteiger partial charge in [-0.1, -0.05) is 28.6 Å². The van der Waals surface area contributed by atoms with E-state index in [1.807, 2.05) is 13.8 Å². The first-order chi connectivity index (χ1) is 22.1. The molecule has 4 atom stereocenters. The fraction of sp³-hybridized carbons (Fsp3) is 0.485. The van der Waals surface area contributed by atoms with Crippen LogP contribution >= 0.6 is 11.3 Å². The predicted octanol–water partition coefficient (Wildman–Crippen LogP) is 8.10. The van der Waals surface area contributed by atoms with E-state index < -0.39 is 12.3 Å². The Morgan fingerprint density at radius 1 is 1.11 bits per heavy atom. The Morgan fingerprint density at radius 2 is 1.91 bits per heavy atom. The molecular formula is C33H34F3N3O6S. The van der Waals surface area contributed by atoms with Crippen molar-refractivity contribution in [3.8, 4) is 22.8 Å². The molecule has 0 spiro atoms. The Labute approximate surface area is 267 Å². The summed E-state index contributed by atoms with van der Waals surface area (Å²) < 4.78 is 67.7. The van der Waals surface area contributed by atoms with E-state index in [0.29, 0.717) is 45.7 Å². The molecule has 0 unspecified atom stereocenters. The lowest BCUT2D eigenvalue weighted by atomic mass is 9.93. The molecule has 2 heterocycles. The number of fused-ring (bicyclic) bond motifs is 3. The minimum Gasteiger partial charge on any atom is -0.489 e. The largest absolute Gasteiger partial charge is 0.573 e. The minimum atomic E-state index is -4.83. The number of nitrogens with one attached hydrogen (secondary N) is 1. The summed E-state index contributed by atoms with van der Waals surface area (Å²) in [5.41, 5.74) is 2.37. The van der Waals surface area contributed by atoms with Crippen LogP contribution < -0.4 is 14.8 Å². The fourth-order valence-corrected chi connectivity index (χ4v) is 7.79. The van der Waals surface area contributed by atoms with Crippen molar-refractivity contribution in [1.29, 1.82) is 0 Å². The highest BCUT2D eigenvalue weighted by Gasteiger charge is 2.47. The van der Waals surface area contributed by atoms with E-state index >= 15 is 0 Å². The van der Waals surface area contributed by atoms with E-state index in [1.165, 1.54) is 30.6 Å². The Morgan fingerprint density at radius 3 is 2.61 bits per heavy atom. The van der Waals surface area contributed by atoms with Crippen LogP contribution in [0.1, 0.15) is 73.6 Å². The summed E-state index contributed by atoms with van der Waals surface area (Å²) in [6.45, 7) is 4.05. The molecule has 4 aromatic rings. The van der Waals surface area contributed by atoms with Gasteiger partial charge in [-0.15, -0.1) is 13.2 Å². The maximum Gasteiger partial charge on any atom is 0.573 e. The number of hydrogen-bond donors (Lipinski definition) is 1. The first kappa shape index (κ1) is 30.8. The normalized spacial score (nSPS) is 22.5. The summed E-state index contributed by atoms with van der Waals surface area (Å²) in [5.74, 6) is 1.39. The summed E-state index contributed by atoms with van der Waals surface area (Å²) in [7, 11) is 1.35. The summed E-state index contributed by atoms with van der Waals surface area (Å²) in [5, 5.41) is 8.60. The average molecular weight is 658 g/mol. The smallest absolute Gasteiger partial charge is 0.489 e. The van der Waals surface area contributed by atoms with Crippen LogP contribution in [0.25, 0.3) is 21.5 Å². The van der Waals surface area contributed by atoms with Gasteiger partial charge < -0.3 is 28.8 Å². The van der Waals surface area contributed by atoms with Crippen LogP contribution in [0.15, 0.2) is 40.9 Å². The molecule has 46 heavy (non-hydrogen) atoms. The quantitative estimate of drug-likeness (QED) is 0.160. The zero-order valence-electron chi connectivity index (χ0n) is 25.6. The second-order valence-electron chi connectivity index (χ2n) is 12.5. The number of rotatable bonds is 11. The zero-order valence-corrected chi connectivity index (χ0v) is 26.4. The van der Waals surface area contributed by atoms with E-state index in [0.717, 1.165) is 41.9 Å². The molecule has 2 bridgehead atoms. The van der Waals surface area contributed by atoms with E-state index in [2.05, 4.69) is 15.2 Å². The zero-order chi connectivity index (χ0) is 32.2. The van der Waals surface area contributed by atoms with Crippen LogP contribution in [0, 0.1) is 11.8 Å². The summed E-state index contributed by atoms with van der Waals surface area (Å²) >= 11 is 1.48. The number of halogens is 3. The number of methoxy groups -OCH3 is 1. The molecule has 0 amide bonds. The molecule has 1 N–H and O–H groups in total. The van der Waals surface area contributed by atoms with Crippen molar-refractivity contribution >= 4 is 32.7 Å². The van der Waals surface area contributed by atoms with Gasteiger partial charge in [0.1, 0.15) is 28.5 Å². The third-order valence-electron chi connectivity index (χ3n) is 8.92. The first-order valence-corrected chi connectivity index (χ1v) is 16.3. The van der Waals surface area contributed by atoms with E-state index in [-0.39, 0.29) is 42.1 Å². The monoisotopic (exact) mass is 657 g/mol. The highest BCUT2D eigenvalue weighted by Crippen LogP contribution is 2.50. The van der Waals surface area contributed by atoms with Crippen molar-refractivity contribution in [3.63, 3.8) is 0 Å². The number of alkyl halides is 3. The third kappa shape index (κ3) is 6.26. The number of anilines is 1. The van der Waals surface area contributed by atoms with Gasteiger partial charge in [0, 0.05) is 23.1 Å². The molecular weight excluding hydrogens is 623 g/mol. The molecule has 3 saturated carbocycles. The second kappa shape index (κ2) is 12.1. The van der Waals surface area contributed by atoms with Crippen LogP contribution in [0.4, 0.5) is 18.3 Å². The Bertz CT molecular complexity index is 1750. The molecule has 2 aromatic carbocycles. The minimum absolute atomic E-state index is 0.0172. The maximum atomic E-state index is 13.1. The number of aromatic nitrogens is 2. The lowest BCUT2D eigenvalue weighted by molar-refractivity contribution is -0.274. The number of carbonyl (C=O) groups is 1. The van der Waals surface area contributed by atoms with Crippen molar-refractivity contribution in [2.75, 3.05) is 12.4 Å². The molecule has 3 fully saturated rings. The Balaban J connectivity index is 1.04. The molecule has 3 aliphatic rings. The van der Waals surface area contributed by atoms with Crippen LogP contribution in [0.3, 0.4) is 0 Å². The van der Waals surface area contributed by atoms with Gasteiger partial charge in [0.25, 0.3) is 0 Å². The molecule has 13 heteroatoms. The van der Waals surface area contributed by atoms with Gasteiger partial charge >= 0.3 is 12.3 Å². The summed E-state index contributed by atoms with van der Waals surface area (Å²) in [4.78, 5) is 17.1. The molecule has 0 saturated heterocycles. The van der Waals surface area contributed by atoms with Gasteiger partial charge in [-0.05, 0) is 82.1 Å². The summed E-state index contributed by atoms with van der Waals surface area (Å²) in [6, 6.07) is 9.67. The molecule has 3 aliphatic carbocycles. The number of nitrogens with zero attached hydrogens (tertiary/aromatic N) is 2. The predicted molar refractivity (Wildman–Crippen MR) is 164 cm³/mol. The average Bonchev–Trinajstić information content (AvgIpc) is 3.29. The van der Waals surface area contributed by atoms with Gasteiger partial charge in [-0.25, -0.2) is 9.78 Å². The molecule has 7 rings (SSSR count). The number of ether oxygens (including phenoxy) is 4. The summed E-state index contributed by atoms with van der Waals surface area (Å²) in [6.07, 6.45) is -0.232. The van der Waals surface area contributed by atoms with Gasteiger partial charge in [-0.2, -0.15) is 0 Å². The number of thiazole rings is 1. The van der Waals surface area contributed by atoms with Crippen LogP contribution in [0.5, 0.6) is 11.5 Å². The number of esters is 1. The van der Waals surface area contributed by atoms with E-state index in [4.69, 9.17) is 23.7 Å². The lowest BCUT2D eigenvalue weighted by Gasteiger charge is -2.28. The molecule has 2 aromatic heterocycles. The van der Waals surface area contributed by atoms with Gasteiger partial charge in [-0.3, -0.25) is 0 Å². The van der Waals surface area contributed by atoms with Crippen molar-refractivity contribution in [2.24, 2.45) is 11.8 Å². The Kier molecular flexibility index (Phi) is 8.08. The number of hydrogen-bond acceptors (Lipinski definition) is 10. The second-order valence-corrected chi connectivity index (χ2v) is 13.5. The molecule has 9 nitrogen and oxygen atoms in total. The van der Waals surface area contributed by atoms with Crippen molar-refractivity contribution < 1.29 is 41.4 Å². The lowest BCUT2D eigenvalue weighted by Crippen LogP contribution is -2.32. The van der Waals surface area contributed by atoms with Crippen LogP contribution in [-0.2, 0) is 16.1 Å². The van der Waals surface area contributed by atoms with Crippen molar-refractivity contribution in [1.82, 2.24) is 10.1 Å². The topological polar surface area (TPSA) is 105 Å². The number of carbonyl (C=O) groups excluding carboxylic acids is 1. The van der Waals surface area contributed by atoms with E-state index in [9.17, 15) is 18.0 Å². The van der Waals surface area contributed by atoms with Crippen LogP contribution in [-0.4, -0.2) is 47.8 Å². The van der Waals surface area contributed by atoms with Crippen LogP contribution in [0.2, 0.25) is 0 Å². The number of para-hydroxylation sites is 1. The maximum absolute atomic E-state index is 13.1. The molecule has 0 aliphatic heterocycles. The van der Waals surface area contributed by atoms with Gasteiger partial charge in [0.2, 0.25) is 0 Å². The van der Waals surface area contributed by atoms with Gasteiger partial charge in [0.05, 0.1) is 36.2 Å². The fourth-order valence-electron chi connectivity index (χ4n) is 6.81.